The molecule has 26 heavy (non-hydrogen) atoms. The molecule has 5 nitrogen and oxygen atoms in total. The lowest BCUT2D eigenvalue weighted by Gasteiger charge is -2.34. The first-order valence-corrected chi connectivity index (χ1v) is 9.62. The Kier molecular flexibility index (Phi) is 5.61. The van der Waals surface area contributed by atoms with E-state index in [2.05, 4.69) is 0 Å². The van der Waals surface area contributed by atoms with Gasteiger partial charge in [0.1, 0.15) is 5.75 Å². The first-order chi connectivity index (χ1) is 12.5. The van der Waals surface area contributed by atoms with E-state index in [4.69, 9.17) is 4.74 Å². The fraction of sp³-hybridized carbons (Fsp3) is 0.400. The van der Waals surface area contributed by atoms with Crippen molar-refractivity contribution in [3.8, 4) is 5.75 Å². The van der Waals surface area contributed by atoms with Crippen LogP contribution < -0.4 is 4.74 Å². The Morgan fingerprint density at radius 3 is 2.38 bits per heavy atom. The van der Waals surface area contributed by atoms with Crippen molar-refractivity contribution in [2.45, 2.75) is 20.3 Å². The lowest BCUT2D eigenvalue weighted by Crippen LogP contribution is -2.50. The fourth-order valence-electron chi connectivity index (χ4n) is 3.25. The summed E-state index contributed by atoms with van der Waals surface area (Å²) in [4.78, 5) is 29.5. The summed E-state index contributed by atoms with van der Waals surface area (Å²) < 4.78 is 5.33. The van der Waals surface area contributed by atoms with Gasteiger partial charge in [-0.15, -0.1) is 11.3 Å². The number of amides is 2. The van der Waals surface area contributed by atoms with Gasteiger partial charge in [0.05, 0.1) is 18.4 Å². The molecule has 0 spiro atoms. The second-order valence-electron chi connectivity index (χ2n) is 6.58. The molecular weight excluding hydrogens is 348 g/mol. The molecule has 1 saturated heterocycles. The molecule has 2 aromatic rings. The lowest BCUT2D eigenvalue weighted by atomic mass is 10.0. The number of benzene rings is 1. The van der Waals surface area contributed by atoms with Crippen LogP contribution in [-0.4, -0.2) is 54.9 Å². The predicted molar refractivity (Wildman–Crippen MR) is 103 cm³/mol. The molecule has 1 aliphatic rings. The number of piperazine rings is 1. The first kappa shape index (κ1) is 18.5. The number of ether oxygens (including phenoxy) is 1. The average Bonchev–Trinajstić information content (AvgIpc) is 3.18. The summed E-state index contributed by atoms with van der Waals surface area (Å²) in [7, 11) is 1.66. The quantitative estimate of drug-likeness (QED) is 0.829. The number of rotatable bonds is 4. The molecule has 1 aromatic heterocycles. The Labute approximate surface area is 158 Å². The van der Waals surface area contributed by atoms with Gasteiger partial charge in [-0.3, -0.25) is 9.59 Å². The molecule has 0 aliphatic carbocycles. The molecule has 0 bridgehead atoms. The highest BCUT2D eigenvalue weighted by Crippen LogP contribution is 2.23. The molecule has 0 unspecified atom stereocenters. The van der Waals surface area contributed by atoms with Crippen LogP contribution in [0, 0.1) is 13.8 Å². The second-order valence-corrected chi connectivity index (χ2v) is 7.52. The third-order valence-corrected chi connectivity index (χ3v) is 5.70. The molecular formula is C20H24N2O3S. The highest BCUT2D eigenvalue weighted by atomic mass is 32.1. The molecule has 1 aromatic carbocycles. The third-order valence-electron chi connectivity index (χ3n) is 4.85. The number of methoxy groups -OCH3 is 1. The lowest BCUT2D eigenvalue weighted by molar-refractivity contribution is -0.131. The number of aryl methyl sites for hydroxylation is 2. The summed E-state index contributed by atoms with van der Waals surface area (Å²) >= 11 is 1.46. The van der Waals surface area contributed by atoms with Crippen molar-refractivity contribution in [1.29, 1.82) is 0 Å². The normalized spacial score (nSPS) is 14.4. The molecule has 6 heteroatoms. The van der Waals surface area contributed by atoms with Crippen LogP contribution in [0.4, 0.5) is 0 Å². The van der Waals surface area contributed by atoms with Gasteiger partial charge < -0.3 is 14.5 Å². The van der Waals surface area contributed by atoms with Crippen LogP contribution in [0.2, 0.25) is 0 Å². The topological polar surface area (TPSA) is 49.9 Å². The van der Waals surface area contributed by atoms with Gasteiger partial charge in [-0.2, -0.15) is 0 Å². The number of carbonyl (C=O) groups is 2. The molecule has 3 rings (SSSR count). The SMILES string of the molecule is COc1cc(C)c(CC(=O)N2CCN(C(=O)c3cccs3)CC2)cc1C. The van der Waals surface area contributed by atoms with E-state index in [0.29, 0.717) is 32.6 Å². The van der Waals surface area contributed by atoms with Crippen molar-refractivity contribution >= 4 is 23.2 Å². The molecule has 1 fully saturated rings. The zero-order valence-electron chi connectivity index (χ0n) is 15.4. The largest absolute Gasteiger partial charge is 0.496 e. The zero-order valence-corrected chi connectivity index (χ0v) is 16.3. The summed E-state index contributed by atoms with van der Waals surface area (Å²) in [5, 5.41) is 1.91. The standard InChI is InChI=1S/C20H24N2O3S/c1-14-12-17(25-3)15(2)11-16(14)13-19(23)21-6-8-22(9-7-21)20(24)18-5-4-10-26-18/h4-5,10-12H,6-9,13H2,1-3H3. The van der Waals surface area contributed by atoms with E-state index in [0.717, 1.165) is 27.3 Å². The Balaban J connectivity index is 1.59. The summed E-state index contributed by atoms with van der Waals surface area (Å²) in [6.45, 7) is 6.34. The summed E-state index contributed by atoms with van der Waals surface area (Å²) in [6.07, 6.45) is 0.384. The number of thiophene rings is 1. The van der Waals surface area contributed by atoms with E-state index in [1.54, 1.807) is 7.11 Å². The van der Waals surface area contributed by atoms with Crippen molar-refractivity contribution in [2.24, 2.45) is 0 Å². The van der Waals surface area contributed by atoms with Crippen molar-refractivity contribution in [3.05, 3.63) is 51.2 Å². The monoisotopic (exact) mass is 372 g/mol. The van der Waals surface area contributed by atoms with E-state index in [1.807, 2.05) is 53.3 Å². The molecule has 0 radical (unpaired) electrons. The van der Waals surface area contributed by atoms with Crippen LogP contribution in [0.25, 0.3) is 0 Å². The van der Waals surface area contributed by atoms with E-state index in [9.17, 15) is 9.59 Å². The van der Waals surface area contributed by atoms with Crippen molar-refractivity contribution in [1.82, 2.24) is 9.80 Å². The maximum atomic E-state index is 12.7. The zero-order chi connectivity index (χ0) is 18.7. The summed E-state index contributed by atoms with van der Waals surface area (Å²) in [5.74, 6) is 1.02. The van der Waals surface area contributed by atoms with Crippen molar-refractivity contribution < 1.29 is 14.3 Å². The molecule has 2 heterocycles. The van der Waals surface area contributed by atoms with Crippen LogP contribution in [0.3, 0.4) is 0 Å². The van der Waals surface area contributed by atoms with Crippen LogP contribution in [-0.2, 0) is 11.2 Å². The van der Waals surface area contributed by atoms with Crippen LogP contribution in [0.5, 0.6) is 5.75 Å². The average molecular weight is 372 g/mol. The number of nitrogens with zero attached hydrogens (tertiary/aromatic N) is 2. The highest BCUT2D eigenvalue weighted by Gasteiger charge is 2.25. The minimum absolute atomic E-state index is 0.0636. The van der Waals surface area contributed by atoms with Gasteiger partial charge in [-0.05, 0) is 48.1 Å². The van der Waals surface area contributed by atoms with Gasteiger partial charge in [0, 0.05) is 26.2 Å². The van der Waals surface area contributed by atoms with Gasteiger partial charge >= 0.3 is 0 Å². The third kappa shape index (κ3) is 3.90. The van der Waals surface area contributed by atoms with Crippen molar-refractivity contribution in [2.75, 3.05) is 33.3 Å². The van der Waals surface area contributed by atoms with E-state index < -0.39 is 0 Å². The smallest absolute Gasteiger partial charge is 0.264 e. The Bertz CT molecular complexity index is 794. The maximum Gasteiger partial charge on any atom is 0.264 e. The molecule has 0 N–H and O–H groups in total. The van der Waals surface area contributed by atoms with Gasteiger partial charge in [0.25, 0.3) is 5.91 Å². The summed E-state index contributed by atoms with van der Waals surface area (Å²) in [5.41, 5.74) is 3.13. The predicted octanol–water partition coefficient (Wildman–Crippen LogP) is 2.90. The number of hydrogen-bond acceptors (Lipinski definition) is 4. The van der Waals surface area contributed by atoms with Gasteiger partial charge in [0.2, 0.25) is 5.91 Å². The Hall–Kier alpha value is -2.34. The van der Waals surface area contributed by atoms with Crippen molar-refractivity contribution in [3.63, 3.8) is 0 Å². The number of carbonyl (C=O) groups excluding carboxylic acids is 2. The molecule has 2 amide bonds. The highest BCUT2D eigenvalue weighted by molar-refractivity contribution is 7.12. The Morgan fingerprint density at radius 2 is 1.77 bits per heavy atom. The van der Waals surface area contributed by atoms with Gasteiger partial charge in [-0.25, -0.2) is 0 Å². The minimum atomic E-state index is 0.0636. The molecule has 0 atom stereocenters. The van der Waals surface area contributed by atoms with Gasteiger partial charge in [0.15, 0.2) is 0 Å². The van der Waals surface area contributed by atoms with Crippen LogP contribution in [0.1, 0.15) is 26.4 Å². The molecule has 138 valence electrons. The van der Waals surface area contributed by atoms with Gasteiger partial charge in [-0.1, -0.05) is 12.1 Å². The second kappa shape index (κ2) is 7.91. The summed E-state index contributed by atoms with van der Waals surface area (Å²) in [6, 6.07) is 7.74. The molecule has 1 aliphatic heterocycles. The Morgan fingerprint density at radius 1 is 1.08 bits per heavy atom. The number of hydrogen-bond donors (Lipinski definition) is 0. The van der Waals surface area contributed by atoms with Crippen LogP contribution in [0.15, 0.2) is 29.6 Å². The van der Waals surface area contributed by atoms with E-state index in [1.165, 1.54) is 11.3 Å². The first-order valence-electron chi connectivity index (χ1n) is 8.74. The van der Waals surface area contributed by atoms with E-state index in [-0.39, 0.29) is 11.8 Å². The molecule has 0 saturated carbocycles. The maximum absolute atomic E-state index is 12.7. The van der Waals surface area contributed by atoms with Crippen LogP contribution >= 0.6 is 11.3 Å². The minimum Gasteiger partial charge on any atom is -0.496 e. The van der Waals surface area contributed by atoms with E-state index >= 15 is 0 Å². The fourth-order valence-corrected chi connectivity index (χ4v) is 3.94.